The first kappa shape index (κ1) is 24.1. The second-order valence-electron chi connectivity index (χ2n) is 8.04. The van der Waals surface area contributed by atoms with Gasteiger partial charge in [0.1, 0.15) is 11.6 Å². The van der Waals surface area contributed by atoms with Crippen LogP contribution in [0.5, 0.6) is 11.5 Å². The summed E-state index contributed by atoms with van der Waals surface area (Å²) in [5.41, 5.74) is 20.6. The molecule has 0 unspecified atom stereocenters. The topological polar surface area (TPSA) is 156 Å². The molecule has 1 heterocycles. The average Bonchev–Trinajstić information content (AvgIpc) is 2.70. The Kier molecular flexibility index (Phi) is 7.27. The summed E-state index contributed by atoms with van der Waals surface area (Å²) in [7, 11) is -3.85. The van der Waals surface area contributed by atoms with Crippen LogP contribution in [0.15, 0.2) is 42.6 Å². The minimum absolute atomic E-state index is 0.0776. The zero-order chi connectivity index (χ0) is 24.2. The molecule has 176 valence electrons. The molecule has 0 fully saturated rings. The molecule has 10 heteroatoms. The predicted octanol–water partition coefficient (Wildman–Crippen LogP) is 3.24. The van der Waals surface area contributed by atoms with E-state index in [1.54, 1.807) is 36.5 Å². The summed E-state index contributed by atoms with van der Waals surface area (Å²) in [4.78, 5) is 7.99. The standard InChI is InChI=1S/C23H29N5O4S/c1-4-31-19-10-15(9-17-12-27-23(26)28-22(17)25)11-20(32-33(29,30)13-14(2)3)21(19)16-5-7-18(24)8-6-16/h5-8,10-12,14H,4,9,13,24H2,1-3H3,(H4,25,26,27,28). The van der Waals surface area contributed by atoms with Crippen molar-refractivity contribution in [3.63, 3.8) is 0 Å². The molecule has 0 spiro atoms. The predicted molar refractivity (Wildman–Crippen MR) is 130 cm³/mol. The molecule has 6 N–H and O–H groups in total. The Balaban J connectivity index is 2.16. The Morgan fingerprint density at radius 2 is 1.70 bits per heavy atom. The van der Waals surface area contributed by atoms with Crippen LogP contribution in [0.3, 0.4) is 0 Å². The van der Waals surface area contributed by atoms with Gasteiger partial charge in [-0.1, -0.05) is 26.0 Å². The molecule has 3 rings (SSSR count). The van der Waals surface area contributed by atoms with Crippen molar-refractivity contribution in [2.45, 2.75) is 27.2 Å². The Morgan fingerprint density at radius 3 is 2.30 bits per heavy atom. The zero-order valence-corrected chi connectivity index (χ0v) is 19.7. The van der Waals surface area contributed by atoms with Crippen molar-refractivity contribution in [2.24, 2.45) is 5.92 Å². The van der Waals surface area contributed by atoms with Crippen LogP contribution in [-0.2, 0) is 16.5 Å². The maximum absolute atomic E-state index is 12.7. The summed E-state index contributed by atoms with van der Waals surface area (Å²) in [6, 6.07) is 10.5. The number of hydrogen-bond donors (Lipinski definition) is 3. The number of nitrogens with two attached hydrogens (primary N) is 3. The van der Waals surface area contributed by atoms with Crippen LogP contribution in [0.1, 0.15) is 31.9 Å². The van der Waals surface area contributed by atoms with E-state index in [1.807, 2.05) is 26.8 Å². The zero-order valence-electron chi connectivity index (χ0n) is 18.9. The lowest BCUT2D eigenvalue weighted by Crippen LogP contribution is -2.18. The van der Waals surface area contributed by atoms with E-state index in [0.717, 1.165) is 0 Å². The first-order valence-electron chi connectivity index (χ1n) is 10.5. The number of benzene rings is 2. The Morgan fingerprint density at radius 1 is 1.03 bits per heavy atom. The van der Waals surface area contributed by atoms with Crippen molar-refractivity contribution in [1.29, 1.82) is 0 Å². The lowest BCUT2D eigenvalue weighted by atomic mass is 9.98. The lowest BCUT2D eigenvalue weighted by molar-refractivity contribution is 0.340. The average molecular weight is 472 g/mol. The van der Waals surface area contributed by atoms with Gasteiger partial charge in [0.25, 0.3) is 0 Å². The molecule has 0 aliphatic carbocycles. The van der Waals surface area contributed by atoms with Gasteiger partial charge in [0.15, 0.2) is 5.75 Å². The first-order chi connectivity index (χ1) is 15.6. The van der Waals surface area contributed by atoms with Gasteiger partial charge >= 0.3 is 10.1 Å². The van der Waals surface area contributed by atoms with Gasteiger partial charge < -0.3 is 26.1 Å². The molecule has 3 aromatic rings. The van der Waals surface area contributed by atoms with Gasteiger partial charge in [-0.15, -0.1) is 0 Å². The fourth-order valence-electron chi connectivity index (χ4n) is 3.39. The highest BCUT2D eigenvalue weighted by molar-refractivity contribution is 7.87. The molecule has 1 aromatic heterocycles. The highest BCUT2D eigenvalue weighted by atomic mass is 32.2. The fraction of sp³-hybridized carbons (Fsp3) is 0.304. The van der Waals surface area contributed by atoms with E-state index in [9.17, 15) is 8.42 Å². The van der Waals surface area contributed by atoms with Crippen LogP contribution >= 0.6 is 0 Å². The van der Waals surface area contributed by atoms with E-state index >= 15 is 0 Å². The van der Waals surface area contributed by atoms with Gasteiger partial charge in [-0.05, 0) is 48.2 Å². The van der Waals surface area contributed by atoms with E-state index in [-0.39, 0.29) is 29.2 Å². The van der Waals surface area contributed by atoms with Crippen molar-refractivity contribution in [3.8, 4) is 22.6 Å². The molecule has 33 heavy (non-hydrogen) atoms. The normalized spacial score (nSPS) is 11.5. The SMILES string of the molecule is CCOc1cc(Cc2cnc(N)nc2N)cc(OS(=O)(=O)CC(C)C)c1-c1ccc(N)cc1. The van der Waals surface area contributed by atoms with Crippen molar-refractivity contribution in [2.75, 3.05) is 29.6 Å². The summed E-state index contributed by atoms with van der Waals surface area (Å²) in [6.07, 6.45) is 1.87. The van der Waals surface area contributed by atoms with Gasteiger partial charge in [-0.3, -0.25) is 0 Å². The maximum atomic E-state index is 12.7. The molecule has 0 atom stereocenters. The summed E-state index contributed by atoms with van der Waals surface area (Å²) in [5.74, 6) is 0.741. The van der Waals surface area contributed by atoms with Gasteiger partial charge in [0.2, 0.25) is 5.95 Å². The molecular weight excluding hydrogens is 442 g/mol. The number of anilines is 3. The van der Waals surface area contributed by atoms with Gasteiger partial charge in [-0.2, -0.15) is 13.4 Å². The van der Waals surface area contributed by atoms with E-state index < -0.39 is 10.1 Å². The quantitative estimate of drug-likeness (QED) is 0.315. The van der Waals surface area contributed by atoms with Gasteiger partial charge in [0.05, 0.1) is 17.9 Å². The van der Waals surface area contributed by atoms with Crippen LogP contribution < -0.4 is 26.1 Å². The molecule has 9 nitrogen and oxygen atoms in total. The molecule has 0 radical (unpaired) electrons. The van der Waals surface area contributed by atoms with Crippen molar-refractivity contribution >= 4 is 27.6 Å². The molecule has 0 saturated carbocycles. The Bertz CT molecular complexity index is 1230. The minimum Gasteiger partial charge on any atom is -0.493 e. The highest BCUT2D eigenvalue weighted by Crippen LogP contribution is 2.41. The van der Waals surface area contributed by atoms with E-state index in [1.165, 1.54) is 0 Å². The van der Waals surface area contributed by atoms with Crippen LogP contribution in [0, 0.1) is 5.92 Å². The van der Waals surface area contributed by atoms with Crippen molar-refractivity contribution in [3.05, 3.63) is 53.7 Å². The number of nitrogen functional groups attached to an aromatic ring is 3. The summed E-state index contributed by atoms with van der Waals surface area (Å²) in [6.45, 7) is 5.85. The fourth-order valence-corrected chi connectivity index (χ4v) is 4.67. The maximum Gasteiger partial charge on any atom is 0.309 e. The molecular formula is C23H29N5O4S. The van der Waals surface area contributed by atoms with E-state index in [4.69, 9.17) is 26.1 Å². The van der Waals surface area contributed by atoms with Crippen LogP contribution in [0.25, 0.3) is 11.1 Å². The second-order valence-corrected chi connectivity index (χ2v) is 9.65. The molecule has 0 bridgehead atoms. The van der Waals surface area contributed by atoms with Crippen molar-refractivity contribution < 1.29 is 17.3 Å². The number of nitrogens with zero attached hydrogens (tertiary/aromatic N) is 2. The van der Waals surface area contributed by atoms with Gasteiger partial charge in [0, 0.05) is 23.9 Å². The molecule has 0 saturated heterocycles. The largest absolute Gasteiger partial charge is 0.493 e. The van der Waals surface area contributed by atoms with Crippen molar-refractivity contribution in [1.82, 2.24) is 9.97 Å². The second kappa shape index (κ2) is 9.95. The summed E-state index contributed by atoms with van der Waals surface area (Å²) in [5, 5.41) is 0. The highest BCUT2D eigenvalue weighted by Gasteiger charge is 2.22. The van der Waals surface area contributed by atoms with Crippen LogP contribution in [0.2, 0.25) is 0 Å². The smallest absolute Gasteiger partial charge is 0.309 e. The monoisotopic (exact) mass is 471 g/mol. The number of hydrogen-bond acceptors (Lipinski definition) is 9. The summed E-state index contributed by atoms with van der Waals surface area (Å²) < 4.78 is 37.0. The number of rotatable bonds is 9. The first-order valence-corrected chi connectivity index (χ1v) is 12.1. The molecule has 2 aromatic carbocycles. The number of ether oxygens (including phenoxy) is 1. The number of aromatic nitrogens is 2. The Labute approximate surface area is 194 Å². The van der Waals surface area contributed by atoms with Crippen LogP contribution in [-0.4, -0.2) is 30.7 Å². The molecule has 0 amide bonds. The molecule has 0 aliphatic heterocycles. The van der Waals surface area contributed by atoms with Crippen LogP contribution in [0.4, 0.5) is 17.5 Å². The van der Waals surface area contributed by atoms with E-state index in [2.05, 4.69) is 9.97 Å². The van der Waals surface area contributed by atoms with Gasteiger partial charge in [-0.25, -0.2) is 4.98 Å². The third kappa shape index (κ3) is 6.26. The summed E-state index contributed by atoms with van der Waals surface area (Å²) >= 11 is 0. The van der Waals surface area contributed by atoms with E-state index in [0.29, 0.717) is 46.7 Å². The lowest BCUT2D eigenvalue weighted by Gasteiger charge is -2.19. The third-order valence-corrected chi connectivity index (χ3v) is 6.20. The third-order valence-electron chi connectivity index (χ3n) is 4.69. The minimum atomic E-state index is -3.85. The molecule has 0 aliphatic rings. The Hall–Kier alpha value is -3.53.